The molecule has 1 N–H and O–H groups in total. The number of hydrogen-bond donors (Lipinski definition) is 1. The molecule has 0 radical (unpaired) electrons. The molecule has 152 valence electrons. The Balaban J connectivity index is 2.08. The summed E-state index contributed by atoms with van der Waals surface area (Å²) in [5.41, 5.74) is 6.51. The fraction of sp³-hybridized carbons (Fsp3) is 0.417. The maximum atomic E-state index is 12.3. The first-order chi connectivity index (χ1) is 13.9. The molecule has 0 fully saturated rings. The van der Waals surface area contributed by atoms with E-state index in [0.29, 0.717) is 6.42 Å². The van der Waals surface area contributed by atoms with Crippen LogP contribution in [0, 0.1) is 13.8 Å². The van der Waals surface area contributed by atoms with Crippen molar-refractivity contribution < 1.29 is 9.90 Å². The van der Waals surface area contributed by atoms with Crippen molar-refractivity contribution in [3.8, 4) is 11.1 Å². The SMILES string of the molecule is CCCC(C(=O)O)c1c(C)nc2sc3c(c2c1-c1ccc(C)cc1)CCN(C)C3. The second-order valence-electron chi connectivity index (χ2n) is 8.20. The number of carbonyl (C=O) groups is 1. The van der Waals surface area contributed by atoms with Crippen molar-refractivity contribution in [2.75, 3.05) is 13.6 Å². The molecule has 4 nitrogen and oxygen atoms in total. The molecule has 1 atom stereocenters. The third-order valence-electron chi connectivity index (χ3n) is 5.97. The minimum absolute atomic E-state index is 0.532. The monoisotopic (exact) mass is 408 g/mol. The molecule has 1 aliphatic rings. The van der Waals surface area contributed by atoms with Crippen molar-refractivity contribution >= 4 is 27.5 Å². The number of fused-ring (bicyclic) bond motifs is 3. The van der Waals surface area contributed by atoms with E-state index >= 15 is 0 Å². The number of benzene rings is 1. The molecule has 3 aromatic rings. The van der Waals surface area contributed by atoms with Crippen molar-refractivity contribution in [1.82, 2.24) is 9.88 Å². The standard InChI is InChI=1S/C24H28N2O2S/c1-5-6-18(24(27)28)20-15(3)25-23-22(17-11-12-26(4)13-19(17)29-23)21(20)16-9-7-14(2)8-10-16/h7-10,18H,5-6,11-13H2,1-4H3,(H,27,28). The van der Waals surface area contributed by atoms with Crippen molar-refractivity contribution in [2.45, 2.75) is 52.5 Å². The summed E-state index contributed by atoms with van der Waals surface area (Å²) in [6.45, 7) is 8.06. The lowest BCUT2D eigenvalue weighted by Crippen LogP contribution is -2.25. The van der Waals surface area contributed by atoms with Crippen LogP contribution in [0.15, 0.2) is 24.3 Å². The average Bonchev–Trinajstić information content (AvgIpc) is 3.02. The van der Waals surface area contributed by atoms with E-state index in [4.69, 9.17) is 4.98 Å². The lowest BCUT2D eigenvalue weighted by Gasteiger charge is -2.24. The van der Waals surface area contributed by atoms with Crippen LogP contribution < -0.4 is 0 Å². The highest BCUT2D eigenvalue weighted by atomic mass is 32.1. The van der Waals surface area contributed by atoms with Crippen LogP contribution in [0.5, 0.6) is 0 Å². The second kappa shape index (κ2) is 7.88. The van der Waals surface area contributed by atoms with Crippen LogP contribution in [0.2, 0.25) is 0 Å². The second-order valence-corrected chi connectivity index (χ2v) is 9.29. The highest BCUT2D eigenvalue weighted by Gasteiger charge is 2.30. The number of thiophene rings is 1. The minimum atomic E-state index is -0.756. The summed E-state index contributed by atoms with van der Waals surface area (Å²) in [5.74, 6) is -1.29. The van der Waals surface area contributed by atoms with Crippen molar-refractivity contribution in [1.29, 1.82) is 0 Å². The fourth-order valence-corrected chi connectivity index (χ4v) is 5.86. The van der Waals surface area contributed by atoms with E-state index in [1.807, 2.05) is 13.8 Å². The number of rotatable bonds is 5. The van der Waals surface area contributed by atoms with Crippen LogP contribution in [0.25, 0.3) is 21.3 Å². The molecule has 0 amide bonds. The third kappa shape index (κ3) is 3.58. The van der Waals surface area contributed by atoms with Gasteiger partial charge in [-0.1, -0.05) is 43.2 Å². The Morgan fingerprint density at radius 1 is 1.28 bits per heavy atom. The molecule has 0 bridgehead atoms. The average molecular weight is 409 g/mol. The van der Waals surface area contributed by atoms with Gasteiger partial charge in [-0.15, -0.1) is 11.3 Å². The predicted octanol–water partition coefficient (Wildman–Crippen LogP) is 5.54. The normalized spacial score (nSPS) is 15.4. The molecular formula is C24H28N2O2S. The van der Waals surface area contributed by atoms with E-state index in [1.54, 1.807) is 11.3 Å². The number of carboxylic acid groups (broad SMARTS) is 1. The van der Waals surface area contributed by atoms with Gasteiger partial charge in [0.2, 0.25) is 0 Å². The molecule has 3 heterocycles. The molecule has 0 saturated carbocycles. The predicted molar refractivity (Wildman–Crippen MR) is 120 cm³/mol. The zero-order valence-electron chi connectivity index (χ0n) is 17.6. The highest BCUT2D eigenvalue weighted by molar-refractivity contribution is 7.19. The number of nitrogens with zero attached hydrogens (tertiary/aromatic N) is 2. The summed E-state index contributed by atoms with van der Waals surface area (Å²) in [6, 6.07) is 8.50. The van der Waals surface area contributed by atoms with E-state index in [0.717, 1.165) is 53.1 Å². The summed E-state index contributed by atoms with van der Waals surface area (Å²) in [6.07, 6.45) is 2.44. The first-order valence-electron chi connectivity index (χ1n) is 10.3. The van der Waals surface area contributed by atoms with E-state index in [-0.39, 0.29) is 0 Å². The Kier molecular flexibility index (Phi) is 5.45. The molecule has 0 aliphatic carbocycles. The van der Waals surface area contributed by atoms with E-state index < -0.39 is 11.9 Å². The lowest BCUT2D eigenvalue weighted by atomic mass is 9.84. The summed E-state index contributed by atoms with van der Waals surface area (Å²) >= 11 is 1.77. The van der Waals surface area contributed by atoms with Gasteiger partial charge in [-0.25, -0.2) is 4.98 Å². The zero-order chi connectivity index (χ0) is 20.7. The van der Waals surface area contributed by atoms with Crippen LogP contribution >= 0.6 is 11.3 Å². The number of aliphatic carboxylic acids is 1. The van der Waals surface area contributed by atoms with Crippen molar-refractivity contribution in [3.63, 3.8) is 0 Å². The molecule has 1 unspecified atom stereocenters. The number of aryl methyl sites for hydroxylation is 2. The number of hydrogen-bond acceptors (Lipinski definition) is 4. The molecule has 1 aromatic carbocycles. The summed E-state index contributed by atoms with van der Waals surface area (Å²) in [5, 5.41) is 11.2. The smallest absolute Gasteiger partial charge is 0.311 e. The molecule has 0 spiro atoms. The maximum absolute atomic E-state index is 12.3. The Morgan fingerprint density at radius 2 is 2.00 bits per heavy atom. The van der Waals surface area contributed by atoms with E-state index in [9.17, 15) is 9.90 Å². The quantitative estimate of drug-likeness (QED) is 0.602. The first-order valence-corrected chi connectivity index (χ1v) is 11.2. The van der Waals surface area contributed by atoms with Crippen LogP contribution in [-0.2, 0) is 17.8 Å². The van der Waals surface area contributed by atoms with E-state index in [2.05, 4.69) is 43.1 Å². The molecule has 4 rings (SSSR count). The molecule has 5 heteroatoms. The van der Waals surface area contributed by atoms with Gasteiger partial charge >= 0.3 is 5.97 Å². The van der Waals surface area contributed by atoms with Gasteiger partial charge in [0.1, 0.15) is 4.83 Å². The molecule has 2 aromatic heterocycles. The number of carboxylic acids is 1. The van der Waals surface area contributed by atoms with Gasteiger partial charge in [0, 0.05) is 29.0 Å². The topological polar surface area (TPSA) is 53.4 Å². The van der Waals surface area contributed by atoms with Crippen LogP contribution in [-0.4, -0.2) is 34.6 Å². The van der Waals surface area contributed by atoms with Crippen molar-refractivity contribution in [2.24, 2.45) is 0 Å². The van der Waals surface area contributed by atoms with Gasteiger partial charge in [0.15, 0.2) is 0 Å². The molecule has 0 saturated heterocycles. The third-order valence-corrected chi connectivity index (χ3v) is 7.08. The van der Waals surface area contributed by atoms with Crippen LogP contribution in [0.3, 0.4) is 0 Å². The largest absolute Gasteiger partial charge is 0.481 e. The Hall–Kier alpha value is -2.24. The van der Waals surface area contributed by atoms with E-state index in [1.165, 1.54) is 21.4 Å². The first kappa shape index (κ1) is 20.0. The Labute approximate surface area is 176 Å². The summed E-state index contributed by atoms with van der Waals surface area (Å²) < 4.78 is 0. The highest BCUT2D eigenvalue weighted by Crippen LogP contribution is 2.45. The van der Waals surface area contributed by atoms with Crippen molar-refractivity contribution in [3.05, 3.63) is 51.5 Å². The van der Waals surface area contributed by atoms with Gasteiger partial charge in [-0.05, 0) is 56.0 Å². The fourth-order valence-electron chi connectivity index (χ4n) is 4.51. The van der Waals surface area contributed by atoms with Gasteiger partial charge < -0.3 is 10.0 Å². The number of pyridine rings is 1. The Bertz CT molecular complexity index is 1070. The minimum Gasteiger partial charge on any atom is -0.481 e. The van der Waals surface area contributed by atoms with Gasteiger partial charge in [0.25, 0.3) is 0 Å². The maximum Gasteiger partial charge on any atom is 0.311 e. The number of likely N-dealkylation sites (N-methyl/N-ethyl adjacent to an activating group) is 1. The Morgan fingerprint density at radius 3 is 2.66 bits per heavy atom. The molecule has 29 heavy (non-hydrogen) atoms. The van der Waals surface area contributed by atoms with Crippen LogP contribution in [0.1, 0.15) is 52.9 Å². The summed E-state index contributed by atoms with van der Waals surface area (Å²) in [4.78, 5) is 21.9. The number of aromatic nitrogens is 1. The lowest BCUT2D eigenvalue weighted by molar-refractivity contribution is -0.139. The van der Waals surface area contributed by atoms with Gasteiger partial charge in [-0.2, -0.15) is 0 Å². The summed E-state index contributed by atoms with van der Waals surface area (Å²) in [7, 11) is 2.15. The van der Waals surface area contributed by atoms with Gasteiger partial charge in [0.05, 0.1) is 5.92 Å². The zero-order valence-corrected chi connectivity index (χ0v) is 18.4. The molecular weight excluding hydrogens is 380 g/mol. The van der Waals surface area contributed by atoms with Gasteiger partial charge in [-0.3, -0.25) is 4.79 Å². The van der Waals surface area contributed by atoms with Crippen LogP contribution in [0.4, 0.5) is 0 Å². The molecule has 1 aliphatic heterocycles.